The van der Waals surface area contributed by atoms with Crippen LogP contribution in [0.15, 0.2) is 12.1 Å². The van der Waals surface area contributed by atoms with Gasteiger partial charge in [0.25, 0.3) is 5.91 Å². The summed E-state index contributed by atoms with van der Waals surface area (Å²) < 4.78 is 0. The summed E-state index contributed by atoms with van der Waals surface area (Å²) in [6.07, 6.45) is 2.03. The first-order valence-electron chi connectivity index (χ1n) is 5.72. The van der Waals surface area contributed by atoms with Crippen LogP contribution in [-0.2, 0) is 0 Å². The molecule has 1 heterocycles. The van der Waals surface area contributed by atoms with Crippen molar-refractivity contribution in [2.45, 2.75) is 25.8 Å². The van der Waals surface area contributed by atoms with E-state index < -0.39 is 0 Å². The summed E-state index contributed by atoms with van der Waals surface area (Å²) >= 11 is 0. The summed E-state index contributed by atoms with van der Waals surface area (Å²) in [6, 6.07) is 3.45. The molecule has 4 N–H and O–H groups in total. The zero-order chi connectivity index (χ0) is 12.7. The predicted molar refractivity (Wildman–Crippen MR) is 66.8 cm³/mol. The number of nitrogens with two attached hydrogens (primary N) is 1. The molecule has 6 heteroatoms. The number of hydrogen-bond acceptors (Lipinski definition) is 5. The molecule has 1 aromatic heterocycles. The summed E-state index contributed by atoms with van der Waals surface area (Å²) in [6.45, 7) is 2.75. The van der Waals surface area contributed by atoms with Crippen molar-refractivity contribution in [1.29, 1.82) is 0 Å². The Morgan fingerprint density at radius 3 is 2.76 bits per heavy atom. The molecule has 1 aromatic rings. The Morgan fingerprint density at radius 1 is 1.47 bits per heavy atom. The maximum atomic E-state index is 11.2. The maximum Gasteiger partial charge on any atom is 0.271 e. The molecule has 0 spiro atoms. The van der Waals surface area contributed by atoms with E-state index in [9.17, 15) is 4.79 Å². The van der Waals surface area contributed by atoms with Crippen LogP contribution in [0.4, 0.5) is 5.82 Å². The number of carbonyl (C=O) groups excluding carboxylic acids is 1. The first kappa shape index (κ1) is 13.4. The summed E-state index contributed by atoms with van der Waals surface area (Å²) in [7, 11) is 1.56. The zero-order valence-electron chi connectivity index (χ0n) is 10.2. The quantitative estimate of drug-likeness (QED) is 0.665. The molecule has 0 bridgehead atoms. The first-order chi connectivity index (χ1) is 8.17. The van der Waals surface area contributed by atoms with Crippen molar-refractivity contribution in [2.75, 3.05) is 18.9 Å². The third kappa shape index (κ3) is 4.36. The van der Waals surface area contributed by atoms with E-state index in [0.29, 0.717) is 18.1 Å². The fourth-order valence-electron chi connectivity index (χ4n) is 1.38. The molecule has 0 radical (unpaired) electrons. The Kier molecular flexibility index (Phi) is 5.35. The minimum atomic E-state index is -0.244. The first-order valence-corrected chi connectivity index (χ1v) is 5.72. The largest absolute Gasteiger partial charge is 0.367 e. The molecule has 0 aliphatic rings. The Bertz CT molecular complexity index is 351. The van der Waals surface area contributed by atoms with Crippen LogP contribution in [0, 0.1) is 0 Å². The van der Waals surface area contributed by atoms with Gasteiger partial charge in [-0.3, -0.25) is 4.79 Å². The van der Waals surface area contributed by atoms with Crippen LogP contribution in [0.3, 0.4) is 0 Å². The Balaban J connectivity index is 2.48. The number of anilines is 1. The number of nitrogens with zero attached hydrogens (tertiary/aromatic N) is 2. The molecule has 6 nitrogen and oxygen atoms in total. The number of amides is 1. The number of carbonyl (C=O) groups is 1. The normalized spacial score (nSPS) is 11.9. The average Bonchev–Trinajstić information content (AvgIpc) is 2.36. The molecule has 0 aromatic carbocycles. The fourth-order valence-corrected chi connectivity index (χ4v) is 1.38. The maximum absolute atomic E-state index is 11.2. The molecular formula is C11H19N5O. The van der Waals surface area contributed by atoms with Crippen LogP contribution in [0.2, 0.25) is 0 Å². The highest BCUT2D eigenvalue weighted by molar-refractivity contribution is 5.91. The molecule has 0 aliphatic heterocycles. The summed E-state index contributed by atoms with van der Waals surface area (Å²) in [4.78, 5) is 11.2. The topological polar surface area (TPSA) is 92.9 Å². The Morgan fingerprint density at radius 2 is 2.24 bits per heavy atom. The van der Waals surface area contributed by atoms with Crippen molar-refractivity contribution < 1.29 is 4.79 Å². The number of aromatic nitrogens is 2. The van der Waals surface area contributed by atoms with Gasteiger partial charge in [-0.05, 0) is 18.6 Å². The summed E-state index contributed by atoms with van der Waals surface area (Å²) in [5.74, 6) is 0.385. The summed E-state index contributed by atoms with van der Waals surface area (Å²) in [5, 5.41) is 13.3. The SMILES string of the molecule is CCCC(N)CNc1ccc(C(=O)NC)nn1. The van der Waals surface area contributed by atoms with Gasteiger partial charge in [0.2, 0.25) is 0 Å². The van der Waals surface area contributed by atoms with E-state index in [1.165, 1.54) is 0 Å². The molecule has 1 amide bonds. The minimum Gasteiger partial charge on any atom is -0.367 e. The van der Waals surface area contributed by atoms with Gasteiger partial charge < -0.3 is 16.4 Å². The monoisotopic (exact) mass is 237 g/mol. The van der Waals surface area contributed by atoms with Crippen molar-refractivity contribution in [3.63, 3.8) is 0 Å². The lowest BCUT2D eigenvalue weighted by Crippen LogP contribution is -2.29. The lowest BCUT2D eigenvalue weighted by molar-refractivity contribution is 0.0957. The minimum absolute atomic E-state index is 0.111. The fraction of sp³-hybridized carbons (Fsp3) is 0.545. The van der Waals surface area contributed by atoms with Gasteiger partial charge in [0.15, 0.2) is 5.69 Å². The molecule has 1 rings (SSSR count). The van der Waals surface area contributed by atoms with E-state index in [-0.39, 0.29) is 11.9 Å². The third-order valence-corrected chi connectivity index (χ3v) is 2.33. The lowest BCUT2D eigenvalue weighted by Gasteiger charge is -2.11. The van der Waals surface area contributed by atoms with Gasteiger partial charge in [0.1, 0.15) is 5.82 Å². The smallest absolute Gasteiger partial charge is 0.271 e. The van der Waals surface area contributed by atoms with Crippen molar-refractivity contribution >= 4 is 11.7 Å². The molecule has 0 fully saturated rings. The van der Waals surface area contributed by atoms with E-state index in [0.717, 1.165) is 12.8 Å². The van der Waals surface area contributed by atoms with Gasteiger partial charge >= 0.3 is 0 Å². The van der Waals surface area contributed by atoms with Crippen LogP contribution in [0.5, 0.6) is 0 Å². The van der Waals surface area contributed by atoms with Gasteiger partial charge in [-0.2, -0.15) is 0 Å². The van der Waals surface area contributed by atoms with Crippen molar-refractivity contribution in [1.82, 2.24) is 15.5 Å². The summed E-state index contributed by atoms with van der Waals surface area (Å²) in [5.41, 5.74) is 6.16. The molecular weight excluding hydrogens is 218 g/mol. The standard InChI is InChI=1S/C11H19N5O/c1-3-4-8(12)7-14-10-6-5-9(15-16-10)11(17)13-2/h5-6,8H,3-4,7,12H2,1-2H3,(H,13,17)(H,14,16). The Labute approximate surface area is 101 Å². The highest BCUT2D eigenvalue weighted by atomic mass is 16.1. The number of rotatable bonds is 6. The van der Waals surface area contributed by atoms with Crippen LogP contribution in [-0.4, -0.2) is 35.7 Å². The molecule has 17 heavy (non-hydrogen) atoms. The second-order valence-electron chi connectivity index (χ2n) is 3.81. The van der Waals surface area contributed by atoms with Gasteiger partial charge in [0, 0.05) is 19.6 Å². The molecule has 0 aliphatic carbocycles. The highest BCUT2D eigenvalue weighted by Gasteiger charge is 2.06. The number of hydrogen-bond donors (Lipinski definition) is 3. The second-order valence-corrected chi connectivity index (χ2v) is 3.81. The lowest BCUT2D eigenvalue weighted by atomic mass is 10.2. The highest BCUT2D eigenvalue weighted by Crippen LogP contribution is 2.02. The van der Waals surface area contributed by atoms with E-state index in [4.69, 9.17) is 5.73 Å². The van der Waals surface area contributed by atoms with Crippen molar-refractivity contribution in [3.05, 3.63) is 17.8 Å². The Hall–Kier alpha value is -1.69. The molecule has 0 saturated carbocycles. The number of nitrogens with one attached hydrogen (secondary N) is 2. The van der Waals surface area contributed by atoms with Crippen LogP contribution < -0.4 is 16.4 Å². The van der Waals surface area contributed by atoms with Crippen molar-refractivity contribution in [3.8, 4) is 0 Å². The predicted octanol–water partition coefficient (Wildman–Crippen LogP) is 0.375. The molecule has 1 atom stereocenters. The van der Waals surface area contributed by atoms with Gasteiger partial charge in [-0.1, -0.05) is 13.3 Å². The van der Waals surface area contributed by atoms with Crippen molar-refractivity contribution in [2.24, 2.45) is 5.73 Å². The third-order valence-electron chi connectivity index (χ3n) is 2.33. The van der Waals surface area contributed by atoms with E-state index >= 15 is 0 Å². The van der Waals surface area contributed by atoms with E-state index in [1.54, 1.807) is 19.2 Å². The molecule has 0 saturated heterocycles. The van der Waals surface area contributed by atoms with E-state index in [1.807, 2.05) is 0 Å². The zero-order valence-corrected chi connectivity index (χ0v) is 10.2. The molecule has 1 unspecified atom stereocenters. The molecule has 94 valence electrons. The van der Waals surface area contributed by atoms with Gasteiger partial charge in [-0.25, -0.2) is 0 Å². The average molecular weight is 237 g/mol. The van der Waals surface area contributed by atoms with Crippen LogP contribution in [0.25, 0.3) is 0 Å². The van der Waals surface area contributed by atoms with E-state index in [2.05, 4.69) is 27.8 Å². The van der Waals surface area contributed by atoms with Gasteiger partial charge in [-0.15, -0.1) is 10.2 Å². The van der Waals surface area contributed by atoms with Gasteiger partial charge in [0.05, 0.1) is 0 Å². The second kappa shape index (κ2) is 6.80. The van der Waals surface area contributed by atoms with Crippen LogP contribution in [0.1, 0.15) is 30.3 Å². The van der Waals surface area contributed by atoms with Crippen LogP contribution >= 0.6 is 0 Å².